The van der Waals surface area contributed by atoms with E-state index in [0.29, 0.717) is 5.56 Å². The van der Waals surface area contributed by atoms with E-state index in [9.17, 15) is 9.59 Å². The molecule has 5 nitrogen and oxygen atoms in total. The van der Waals surface area contributed by atoms with E-state index in [1.54, 1.807) is 23.9 Å². The molecule has 0 atom stereocenters. The van der Waals surface area contributed by atoms with Gasteiger partial charge < -0.3 is 10.6 Å². The van der Waals surface area contributed by atoms with Gasteiger partial charge in [-0.05, 0) is 44.7 Å². The minimum Gasteiger partial charge on any atom is -0.330 e. The van der Waals surface area contributed by atoms with Crippen molar-refractivity contribution in [2.45, 2.75) is 32.1 Å². The zero-order chi connectivity index (χ0) is 17.9. The monoisotopic (exact) mass is 346 g/mol. The number of carbonyl (C=O) groups is 2. The second-order valence-electron chi connectivity index (χ2n) is 4.81. The molecule has 0 saturated heterocycles. The van der Waals surface area contributed by atoms with E-state index in [4.69, 9.17) is 5.73 Å². The average molecular weight is 346 g/mol. The van der Waals surface area contributed by atoms with Gasteiger partial charge in [0.25, 0.3) is 0 Å². The first kappa shape index (κ1) is 19.9. The molecule has 0 aliphatic rings. The van der Waals surface area contributed by atoms with Gasteiger partial charge in [-0.3, -0.25) is 4.79 Å². The SMILES string of the molecule is C/C=C\C(=C/C)Sc1ccc(C(=O)/C(CCN)=N/OC(C)=O)cc1. The van der Waals surface area contributed by atoms with Crippen LogP contribution in [0.3, 0.4) is 0 Å². The summed E-state index contributed by atoms with van der Waals surface area (Å²) in [5.41, 5.74) is 6.10. The third-order valence-corrected chi connectivity index (χ3v) is 4.01. The Bertz CT molecular complexity index is 661. The van der Waals surface area contributed by atoms with Crippen molar-refractivity contribution in [1.29, 1.82) is 0 Å². The molecule has 0 amide bonds. The lowest BCUT2D eigenvalue weighted by Gasteiger charge is -2.06. The van der Waals surface area contributed by atoms with Crippen LogP contribution in [0.2, 0.25) is 0 Å². The molecule has 1 rings (SSSR count). The van der Waals surface area contributed by atoms with Crippen LogP contribution >= 0.6 is 11.8 Å². The van der Waals surface area contributed by atoms with Crippen molar-refractivity contribution in [2.24, 2.45) is 10.9 Å². The Balaban J connectivity index is 2.91. The number of hydrogen-bond donors (Lipinski definition) is 1. The molecule has 0 aliphatic heterocycles. The summed E-state index contributed by atoms with van der Waals surface area (Å²) in [6, 6.07) is 7.20. The number of carbonyl (C=O) groups excluding carboxylic acids is 2. The summed E-state index contributed by atoms with van der Waals surface area (Å²) in [6.45, 7) is 5.41. The lowest BCUT2D eigenvalue weighted by atomic mass is 10.1. The minimum absolute atomic E-state index is 0.135. The summed E-state index contributed by atoms with van der Waals surface area (Å²) in [7, 11) is 0. The molecule has 0 radical (unpaired) electrons. The Labute approximate surface area is 146 Å². The number of rotatable bonds is 8. The van der Waals surface area contributed by atoms with E-state index >= 15 is 0 Å². The van der Waals surface area contributed by atoms with Crippen LogP contribution in [0.1, 0.15) is 37.6 Å². The number of benzene rings is 1. The van der Waals surface area contributed by atoms with Crippen LogP contribution in [-0.2, 0) is 9.63 Å². The van der Waals surface area contributed by atoms with Gasteiger partial charge in [-0.15, -0.1) is 0 Å². The van der Waals surface area contributed by atoms with Crippen molar-refractivity contribution in [2.75, 3.05) is 6.54 Å². The predicted molar refractivity (Wildman–Crippen MR) is 98.1 cm³/mol. The quantitative estimate of drug-likeness (QED) is 0.194. The number of oxime groups is 1. The lowest BCUT2D eigenvalue weighted by molar-refractivity contribution is -0.140. The Morgan fingerprint density at radius 1 is 1.25 bits per heavy atom. The average Bonchev–Trinajstić information content (AvgIpc) is 2.58. The smallest absolute Gasteiger partial charge is 0.330 e. The van der Waals surface area contributed by atoms with Gasteiger partial charge >= 0.3 is 5.97 Å². The molecule has 0 aliphatic carbocycles. The van der Waals surface area contributed by atoms with Crippen LogP contribution in [0.4, 0.5) is 0 Å². The summed E-state index contributed by atoms with van der Waals surface area (Å²) in [6.07, 6.45) is 6.27. The predicted octanol–water partition coefficient (Wildman–Crippen LogP) is 3.71. The molecule has 0 fully saturated rings. The van der Waals surface area contributed by atoms with Crippen LogP contribution in [0.25, 0.3) is 0 Å². The second-order valence-corrected chi connectivity index (χ2v) is 5.95. The number of nitrogens with two attached hydrogens (primary N) is 1. The van der Waals surface area contributed by atoms with Gasteiger partial charge in [0.1, 0.15) is 5.71 Å². The van der Waals surface area contributed by atoms with Gasteiger partial charge in [0, 0.05) is 28.7 Å². The first-order chi connectivity index (χ1) is 11.5. The molecule has 6 heteroatoms. The molecular weight excluding hydrogens is 324 g/mol. The van der Waals surface area contributed by atoms with Crippen LogP contribution in [-0.4, -0.2) is 24.0 Å². The highest BCUT2D eigenvalue weighted by molar-refractivity contribution is 8.03. The molecule has 0 unspecified atom stereocenters. The van der Waals surface area contributed by atoms with Crippen LogP contribution in [0.15, 0.2) is 57.4 Å². The summed E-state index contributed by atoms with van der Waals surface area (Å²) >= 11 is 1.61. The fraction of sp³-hybridized carbons (Fsp3) is 0.278. The van der Waals surface area contributed by atoms with Crippen LogP contribution in [0.5, 0.6) is 0 Å². The third kappa shape index (κ3) is 6.52. The summed E-state index contributed by atoms with van der Waals surface area (Å²) in [4.78, 5) is 30.0. The van der Waals surface area contributed by atoms with E-state index in [1.807, 2.05) is 44.2 Å². The van der Waals surface area contributed by atoms with E-state index in [-0.39, 0.29) is 24.5 Å². The van der Waals surface area contributed by atoms with Crippen molar-refractivity contribution in [3.05, 3.63) is 53.0 Å². The third-order valence-electron chi connectivity index (χ3n) is 2.90. The maximum atomic E-state index is 12.4. The summed E-state index contributed by atoms with van der Waals surface area (Å²) < 4.78 is 0. The molecule has 0 bridgehead atoms. The first-order valence-corrected chi connectivity index (χ1v) is 8.39. The number of thioether (sulfide) groups is 1. The van der Waals surface area contributed by atoms with Gasteiger partial charge in [0.15, 0.2) is 0 Å². The van der Waals surface area contributed by atoms with E-state index in [1.165, 1.54) is 6.92 Å². The lowest BCUT2D eigenvalue weighted by Crippen LogP contribution is -2.19. The standard InChI is InChI=1S/C18H22N2O3S/c1-4-6-15(5-2)24-16-9-7-14(8-10-16)18(22)17(11-12-19)20-23-13(3)21/h4-10H,11-12,19H2,1-3H3/b6-4-,15-5+,20-17+. The summed E-state index contributed by atoms with van der Waals surface area (Å²) in [5, 5.41) is 3.61. The van der Waals surface area contributed by atoms with Crippen LogP contribution < -0.4 is 5.73 Å². The molecule has 0 aromatic heterocycles. The molecule has 0 saturated carbocycles. The fourth-order valence-corrected chi connectivity index (χ4v) is 2.65. The van der Waals surface area contributed by atoms with Crippen molar-refractivity contribution >= 4 is 29.2 Å². The van der Waals surface area contributed by atoms with Crippen molar-refractivity contribution in [3.63, 3.8) is 0 Å². The highest BCUT2D eigenvalue weighted by Gasteiger charge is 2.15. The zero-order valence-corrected chi connectivity index (χ0v) is 14.9. The second kappa shape index (κ2) is 10.6. The van der Waals surface area contributed by atoms with Gasteiger partial charge in [-0.2, -0.15) is 0 Å². The highest BCUT2D eigenvalue weighted by Crippen LogP contribution is 2.27. The van der Waals surface area contributed by atoms with E-state index < -0.39 is 5.97 Å². The number of hydrogen-bond acceptors (Lipinski definition) is 6. The number of Topliss-reactive ketones (excluding diaryl/α,β-unsaturated/α-hetero) is 1. The van der Waals surface area contributed by atoms with Crippen molar-refractivity contribution < 1.29 is 14.4 Å². The molecule has 128 valence electrons. The van der Waals surface area contributed by atoms with Crippen molar-refractivity contribution in [3.8, 4) is 0 Å². The number of allylic oxidation sites excluding steroid dienone is 3. The number of ketones is 1. The van der Waals surface area contributed by atoms with Gasteiger partial charge in [-0.1, -0.05) is 35.1 Å². The molecule has 1 aromatic carbocycles. The summed E-state index contributed by atoms with van der Waals surface area (Å²) in [5.74, 6) is -0.870. The minimum atomic E-state index is -0.577. The molecule has 2 N–H and O–H groups in total. The van der Waals surface area contributed by atoms with E-state index in [2.05, 4.69) is 9.99 Å². The van der Waals surface area contributed by atoms with Crippen LogP contribution in [0, 0.1) is 0 Å². The Morgan fingerprint density at radius 3 is 2.42 bits per heavy atom. The Hall–Kier alpha value is -2.18. The van der Waals surface area contributed by atoms with Gasteiger partial charge in [0.05, 0.1) is 0 Å². The highest BCUT2D eigenvalue weighted by atomic mass is 32.2. The fourth-order valence-electron chi connectivity index (χ4n) is 1.79. The topological polar surface area (TPSA) is 81.8 Å². The Morgan fingerprint density at radius 2 is 1.92 bits per heavy atom. The molecule has 1 aromatic rings. The zero-order valence-electron chi connectivity index (χ0n) is 14.1. The largest absolute Gasteiger partial charge is 0.331 e. The van der Waals surface area contributed by atoms with Gasteiger partial charge in [0.2, 0.25) is 5.78 Å². The first-order valence-electron chi connectivity index (χ1n) is 7.58. The molecule has 0 heterocycles. The normalized spacial score (nSPS) is 12.5. The Kier molecular flexibility index (Phi) is 8.75. The molecular formula is C18H22N2O3S. The molecule has 0 spiro atoms. The van der Waals surface area contributed by atoms with E-state index in [0.717, 1.165) is 9.80 Å². The van der Waals surface area contributed by atoms with Gasteiger partial charge in [-0.25, -0.2) is 4.79 Å². The maximum Gasteiger partial charge on any atom is 0.331 e. The van der Waals surface area contributed by atoms with Crippen molar-refractivity contribution in [1.82, 2.24) is 0 Å². The number of nitrogens with zero attached hydrogens (tertiary/aromatic N) is 1. The maximum absolute atomic E-state index is 12.4. The molecule has 24 heavy (non-hydrogen) atoms.